The van der Waals surface area contributed by atoms with Crippen molar-refractivity contribution in [2.24, 2.45) is 5.41 Å². The van der Waals surface area contributed by atoms with E-state index in [1.54, 1.807) is 0 Å². The van der Waals surface area contributed by atoms with Crippen molar-refractivity contribution < 1.29 is 23.1 Å². The van der Waals surface area contributed by atoms with Gasteiger partial charge in [0.1, 0.15) is 0 Å². The maximum absolute atomic E-state index is 11.6. The monoisotopic (exact) mass is 309 g/mol. The predicted molar refractivity (Wildman–Crippen MR) is 74.9 cm³/mol. The molecule has 20 heavy (non-hydrogen) atoms. The number of carbonyl (C=O) groups is 2. The molecule has 0 radical (unpaired) electrons. The summed E-state index contributed by atoms with van der Waals surface area (Å²) >= 11 is 0. The molecular weight excluding hydrogens is 286 g/mol. The number of rotatable bonds is 7. The van der Waals surface area contributed by atoms with Gasteiger partial charge in [0.25, 0.3) is 0 Å². The van der Waals surface area contributed by atoms with Gasteiger partial charge in [-0.3, -0.25) is 4.79 Å². The Morgan fingerprint density at radius 3 is 2.15 bits per heavy atom. The summed E-state index contributed by atoms with van der Waals surface area (Å²) in [7, 11) is -3.28. The first-order chi connectivity index (χ1) is 8.92. The van der Waals surface area contributed by atoms with Crippen LogP contribution < -0.4 is 15.4 Å². The van der Waals surface area contributed by atoms with Crippen LogP contribution in [0, 0.1) is 5.41 Å². The Bertz CT molecular complexity index is 441. The minimum Gasteiger partial charge on any atom is -0.481 e. The molecule has 2 amide bonds. The van der Waals surface area contributed by atoms with Crippen LogP contribution in [-0.4, -0.2) is 50.9 Å². The van der Waals surface area contributed by atoms with E-state index >= 15 is 0 Å². The molecule has 1 unspecified atom stereocenters. The Kier molecular flexibility index (Phi) is 6.94. The van der Waals surface area contributed by atoms with Gasteiger partial charge in [0.05, 0.1) is 12.7 Å². The standard InChI is InChI=1S/C11H23N3O5S/c1-11(2,3)8(7-9(15)16)14-10(17)12-5-6-13-20(4,18)19/h8,13H,5-7H2,1-4H3,(H,15,16)(H2,12,14,17). The van der Waals surface area contributed by atoms with Crippen LogP contribution in [0.4, 0.5) is 4.79 Å². The fraction of sp³-hybridized carbons (Fsp3) is 0.818. The van der Waals surface area contributed by atoms with Crippen molar-refractivity contribution in [1.29, 1.82) is 0 Å². The molecule has 0 rings (SSSR count). The third-order valence-corrected chi connectivity index (χ3v) is 3.23. The fourth-order valence-electron chi connectivity index (χ4n) is 1.37. The van der Waals surface area contributed by atoms with Crippen LogP contribution in [-0.2, 0) is 14.8 Å². The predicted octanol–water partition coefficient (Wildman–Crippen LogP) is -0.276. The van der Waals surface area contributed by atoms with Crippen LogP contribution >= 0.6 is 0 Å². The Morgan fingerprint density at radius 2 is 1.75 bits per heavy atom. The van der Waals surface area contributed by atoms with E-state index in [0.717, 1.165) is 6.26 Å². The van der Waals surface area contributed by atoms with Gasteiger partial charge in [0, 0.05) is 19.1 Å². The van der Waals surface area contributed by atoms with Crippen molar-refractivity contribution in [3.05, 3.63) is 0 Å². The van der Waals surface area contributed by atoms with Gasteiger partial charge >= 0.3 is 12.0 Å². The quantitative estimate of drug-likeness (QED) is 0.482. The maximum Gasteiger partial charge on any atom is 0.315 e. The highest BCUT2D eigenvalue weighted by Crippen LogP contribution is 2.21. The van der Waals surface area contributed by atoms with Crippen LogP contribution in [0.2, 0.25) is 0 Å². The molecule has 0 heterocycles. The molecular formula is C11H23N3O5S. The second kappa shape index (κ2) is 7.44. The normalized spacial score (nSPS) is 13.6. The molecule has 0 bridgehead atoms. The number of hydrogen-bond donors (Lipinski definition) is 4. The van der Waals surface area contributed by atoms with Crippen molar-refractivity contribution in [1.82, 2.24) is 15.4 Å². The zero-order valence-corrected chi connectivity index (χ0v) is 13.0. The minimum atomic E-state index is -3.28. The first-order valence-corrected chi connectivity index (χ1v) is 8.02. The molecule has 0 aliphatic carbocycles. The third-order valence-electron chi connectivity index (χ3n) is 2.50. The minimum absolute atomic E-state index is 0.0748. The van der Waals surface area contributed by atoms with Gasteiger partial charge in [-0.1, -0.05) is 20.8 Å². The highest BCUT2D eigenvalue weighted by atomic mass is 32.2. The number of carbonyl (C=O) groups excluding carboxylic acids is 1. The molecule has 8 nitrogen and oxygen atoms in total. The second-order valence-corrected chi connectivity index (χ2v) is 7.42. The number of sulfonamides is 1. The summed E-state index contributed by atoms with van der Waals surface area (Å²) in [5, 5.41) is 13.9. The van der Waals surface area contributed by atoms with Gasteiger partial charge in [-0.25, -0.2) is 17.9 Å². The Hall–Kier alpha value is -1.35. The molecule has 0 saturated carbocycles. The molecule has 4 N–H and O–H groups in total. The summed E-state index contributed by atoms with van der Waals surface area (Å²) in [6.07, 6.45) is 0.841. The molecule has 0 aliphatic heterocycles. The number of carboxylic acids is 1. The Morgan fingerprint density at radius 1 is 1.20 bits per heavy atom. The zero-order valence-electron chi connectivity index (χ0n) is 12.2. The largest absolute Gasteiger partial charge is 0.481 e. The number of urea groups is 1. The molecule has 0 fully saturated rings. The summed E-state index contributed by atoms with van der Waals surface area (Å²) in [6.45, 7) is 5.67. The topological polar surface area (TPSA) is 125 Å². The van der Waals surface area contributed by atoms with E-state index < -0.39 is 33.5 Å². The Labute approximate surface area is 119 Å². The molecule has 118 valence electrons. The highest BCUT2D eigenvalue weighted by molar-refractivity contribution is 7.88. The number of amides is 2. The molecule has 0 aromatic carbocycles. The summed E-state index contributed by atoms with van der Waals surface area (Å²) < 4.78 is 23.8. The van der Waals surface area contributed by atoms with Crippen LogP contribution in [0.5, 0.6) is 0 Å². The smallest absolute Gasteiger partial charge is 0.315 e. The lowest BCUT2D eigenvalue weighted by Gasteiger charge is -2.30. The van der Waals surface area contributed by atoms with Gasteiger partial charge in [-0.05, 0) is 5.41 Å². The van der Waals surface area contributed by atoms with E-state index in [-0.39, 0.29) is 19.5 Å². The molecule has 0 aromatic rings. The van der Waals surface area contributed by atoms with Crippen molar-refractivity contribution in [3.63, 3.8) is 0 Å². The van der Waals surface area contributed by atoms with E-state index in [0.29, 0.717) is 0 Å². The second-order valence-electron chi connectivity index (χ2n) is 5.58. The van der Waals surface area contributed by atoms with Crippen molar-refractivity contribution >= 4 is 22.0 Å². The number of carboxylic acid groups (broad SMARTS) is 1. The average Bonchev–Trinajstić information content (AvgIpc) is 2.20. The SMILES string of the molecule is CC(C)(C)C(CC(=O)O)NC(=O)NCCNS(C)(=O)=O. The summed E-state index contributed by atoms with van der Waals surface area (Å²) in [4.78, 5) is 22.4. The van der Waals surface area contributed by atoms with Gasteiger partial charge in [0.15, 0.2) is 0 Å². The fourth-order valence-corrected chi connectivity index (χ4v) is 1.84. The van der Waals surface area contributed by atoms with Crippen molar-refractivity contribution in [3.8, 4) is 0 Å². The lowest BCUT2D eigenvalue weighted by molar-refractivity contribution is -0.138. The maximum atomic E-state index is 11.6. The molecule has 0 spiro atoms. The molecule has 0 saturated heterocycles. The Balaban J connectivity index is 4.24. The lowest BCUT2D eigenvalue weighted by atomic mass is 9.85. The van der Waals surface area contributed by atoms with Crippen LogP contribution in [0.25, 0.3) is 0 Å². The highest BCUT2D eigenvalue weighted by Gasteiger charge is 2.28. The molecule has 0 aliphatic rings. The number of hydrogen-bond acceptors (Lipinski definition) is 4. The average molecular weight is 309 g/mol. The molecule has 0 aromatic heterocycles. The zero-order chi connectivity index (χ0) is 16.0. The van der Waals surface area contributed by atoms with Crippen LogP contribution in [0.1, 0.15) is 27.2 Å². The molecule has 9 heteroatoms. The number of nitrogens with one attached hydrogen (secondary N) is 3. The van der Waals surface area contributed by atoms with Crippen molar-refractivity contribution in [2.45, 2.75) is 33.2 Å². The lowest BCUT2D eigenvalue weighted by Crippen LogP contribution is -2.50. The van der Waals surface area contributed by atoms with Gasteiger partial charge in [-0.15, -0.1) is 0 Å². The first-order valence-electron chi connectivity index (χ1n) is 6.12. The van der Waals surface area contributed by atoms with Gasteiger partial charge < -0.3 is 15.7 Å². The summed E-state index contributed by atoms with van der Waals surface area (Å²) in [5.41, 5.74) is -0.402. The summed E-state index contributed by atoms with van der Waals surface area (Å²) in [6, 6.07) is -1.05. The van der Waals surface area contributed by atoms with E-state index in [9.17, 15) is 18.0 Å². The van der Waals surface area contributed by atoms with E-state index in [2.05, 4.69) is 15.4 Å². The summed E-state index contributed by atoms with van der Waals surface area (Å²) in [5.74, 6) is -0.996. The van der Waals surface area contributed by atoms with E-state index in [1.165, 1.54) is 0 Å². The van der Waals surface area contributed by atoms with E-state index in [4.69, 9.17) is 5.11 Å². The van der Waals surface area contributed by atoms with Gasteiger partial charge in [-0.2, -0.15) is 0 Å². The molecule has 1 atom stereocenters. The third kappa shape index (κ3) is 9.56. The van der Waals surface area contributed by atoms with E-state index in [1.807, 2.05) is 20.8 Å². The number of aliphatic carboxylic acids is 1. The van der Waals surface area contributed by atoms with Crippen LogP contribution in [0.15, 0.2) is 0 Å². The van der Waals surface area contributed by atoms with Gasteiger partial charge in [0.2, 0.25) is 10.0 Å². The van der Waals surface area contributed by atoms with Crippen molar-refractivity contribution in [2.75, 3.05) is 19.3 Å². The first kappa shape index (κ1) is 18.7. The van der Waals surface area contributed by atoms with Crippen LogP contribution in [0.3, 0.4) is 0 Å².